The predicted molar refractivity (Wildman–Crippen MR) is 246 cm³/mol. The predicted octanol–water partition coefficient (Wildman–Crippen LogP) is 4.69. The van der Waals surface area contributed by atoms with Gasteiger partial charge in [0.1, 0.15) is 24.5 Å². The molecule has 2 heterocycles. The van der Waals surface area contributed by atoms with E-state index in [-0.39, 0.29) is 42.5 Å². The van der Waals surface area contributed by atoms with Crippen LogP contribution in [0.5, 0.6) is 5.75 Å². The second-order valence-electron chi connectivity index (χ2n) is 19.6. The molecule has 2 bridgehead atoms. The molecule has 2 saturated heterocycles. The first kappa shape index (κ1) is 46.9. The molecule has 0 aromatic heterocycles. The van der Waals surface area contributed by atoms with Gasteiger partial charge in [-0.2, -0.15) is 5.06 Å². The largest absolute Gasteiger partial charge is 0.491 e. The molecular weight excluding hydrogens is 797 g/mol. The summed E-state index contributed by atoms with van der Waals surface area (Å²) in [5.41, 5.74) is 5.19. The molecule has 2 amide bonds. The molecule has 0 radical (unpaired) electrons. The van der Waals surface area contributed by atoms with Gasteiger partial charge < -0.3 is 40.1 Å². The number of hydrogen-bond acceptors (Lipinski definition) is 11. The Balaban J connectivity index is 1.21. The number of nitrogens with one attached hydrogen (secondary N) is 2. The van der Waals surface area contributed by atoms with Gasteiger partial charge in [-0.05, 0) is 92.8 Å². The van der Waals surface area contributed by atoms with Crippen LogP contribution in [0.4, 0.5) is 5.69 Å². The molecule has 2 aliphatic heterocycles. The van der Waals surface area contributed by atoms with Gasteiger partial charge in [-0.15, -0.1) is 0 Å². The number of likely N-dealkylation sites (N-methyl/N-ethyl adjacent to an activating group) is 1. The monoisotopic (exact) mass is 869 g/mol. The Labute approximate surface area is 375 Å². The summed E-state index contributed by atoms with van der Waals surface area (Å²) in [5.74, 6) is 1.01. The summed E-state index contributed by atoms with van der Waals surface area (Å²) in [4.78, 5) is 41.7. The molecule has 5 aliphatic rings. The lowest BCUT2D eigenvalue weighted by molar-refractivity contribution is -0.183. The maximum Gasteiger partial charge on any atom is 0.251 e. The number of hydrogen-bond donors (Lipinski definition) is 4. The number of aliphatic hydroxyl groups excluding tert-OH is 2. The normalized spacial score (nSPS) is 26.7. The number of morpholine rings is 1. The summed E-state index contributed by atoms with van der Waals surface area (Å²) in [5, 5.41) is 30.1. The molecule has 13 heteroatoms. The fraction of sp³-hybridized carbons (Fsp3) is 0.600. The van der Waals surface area contributed by atoms with E-state index in [0.29, 0.717) is 68.4 Å². The number of hydroxylamine groups is 2. The maximum absolute atomic E-state index is 14.6. The van der Waals surface area contributed by atoms with Crippen LogP contribution in [0.25, 0.3) is 11.1 Å². The van der Waals surface area contributed by atoms with Crippen molar-refractivity contribution in [2.45, 2.75) is 83.8 Å². The Morgan fingerprint density at radius 2 is 1.75 bits per heavy atom. The summed E-state index contributed by atoms with van der Waals surface area (Å²) in [7, 11) is 7.95. The highest BCUT2D eigenvalue weighted by Crippen LogP contribution is 2.61. The van der Waals surface area contributed by atoms with Gasteiger partial charge >= 0.3 is 0 Å². The van der Waals surface area contributed by atoms with Crippen LogP contribution in [-0.4, -0.2) is 148 Å². The molecular formula is C50H72N6O7. The van der Waals surface area contributed by atoms with Crippen LogP contribution in [0, 0.1) is 29.1 Å². The first-order valence-corrected chi connectivity index (χ1v) is 23.0. The van der Waals surface area contributed by atoms with Crippen molar-refractivity contribution < 1.29 is 34.1 Å². The maximum atomic E-state index is 14.6. The van der Waals surface area contributed by atoms with E-state index in [1.807, 2.05) is 81.6 Å². The van der Waals surface area contributed by atoms with Crippen molar-refractivity contribution in [3.05, 3.63) is 83.4 Å². The third-order valence-electron chi connectivity index (χ3n) is 14.5. The standard InChI is InChI=1S/C50H72N6O7/c1-32-42-27-38(50(42,3)4)28-43(32)52-49(60)46-45(33(2)58)44(31-57)63-56(46)29-35-15-12-16-41(47(35)62-22-19-55-17-20-61-21-18-55)36-24-37(26-40(25-36)54(7)8)48(59)51-39(30-53(5)6)23-34-13-10-9-11-14-34/h9-16,24-26,32-33,38-39,42-46,57-58H,17-23,27-31H2,1-8H3,(H,51,59)(H,52,60)/t32-,33-,38+,39-,42-,43-,44-,45+,46-/m0/s1. The van der Waals surface area contributed by atoms with Gasteiger partial charge in [-0.1, -0.05) is 69.3 Å². The van der Waals surface area contributed by atoms with E-state index >= 15 is 0 Å². The first-order valence-electron chi connectivity index (χ1n) is 23.0. The number of nitrogens with zero attached hydrogens (tertiary/aromatic N) is 4. The van der Waals surface area contributed by atoms with Gasteiger partial charge in [0.15, 0.2) is 0 Å². The number of ether oxygens (including phenoxy) is 2. The molecule has 3 saturated carbocycles. The molecule has 9 atom stereocenters. The number of carbonyl (C=O) groups excluding carboxylic acids is 2. The van der Waals surface area contributed by atoms with Crippen molar-refractivity contribution in [1.29, 1.82) is 0 Å². The molecule has 4 N–H and O–H groups in total. The Kier molecular flexibility index (Phi) is 15.2. The van der Waals surface area contributed by atoms with Crippen LogP contribution >= 0.6 is 0 Å². The van der Waals surface area contributed by atoms with Crippen LogP contribution in [0.1, 0.15) is 62.0 Å². The van der Waals surface area contributed by atoms with Gasteiger partial charge in [-0.3, -0.25) is 19.3 Å². The quantitative estimate of drug-likeness (QED) is 0.142. The zero-order valence-corrected chi connectivity index (χ0v) is 38.8. The number of rotatable bonds is 18. The fourth-order valence-electron chi connectivity index (χ4n) is 10.8. The highest BCUT2D eigenvalue weighted by Gasteiger charge is 2.57. The number of para-hydroxylation sites is 1. The van der Waals surface area contributed by atoms with E-state index < -0.39 is 24.2 Å². The fourth-order valence-corrected chi connectivity index (χ4v) is 10.8. The van der Waals surface area contributed by atoms with E-state index in [1.54, 1.807) is 12.0 Å². The Morgan fingerprint density at radius 1 is 1.00 bits per heavy atom. The molecule has 5 fully saturated rings. The van der Waals surface area contributed by atoms with E-state index in [2.05, 4.69) is 59.4 Å². The molecule has 3 aromatic carbocycles. The van der Waals surface area contributed by atoms with E-state index in [9.17, 15) is 19.8 Å². The topological polar surface area (TPSA) is 139 Å². The minimum atomic E-state index is -0.919. The zero-order chi connectivity index (χ0) is 45.0. The number of aliphatic hydroxyl groups is 2. The molecule has 0 spiro atoms. The van der Waals surface area contributed by atoms with Crippen LogP contribution in [0.15, 0.2) is 66.7 Å². The number of benzene rings is 3. The second kappa shape index (κ2) is 20.4. The number of fused-ring (bicyclic) bond motifs is 2. The summed E-state index contributed by atoms with van der Waals surface area (Å²) in [6.07, 6.45) is 1.12. The SMILES string of the molecule is C[C@@H]1[C@@H](NC(=O)[C@@H]2[C@H]([C@H](C)O)[C@H](CO)ON2Cc2cccc(-c3cc(C(=O)N[C@@H](Cc4ccccc4)CN(C)C)cc(N(C)C)c3)c2OCCN2CCOCC2)C[C@H]2C[C@@H]1C2(C)C. The summed E-state index contributed by atoms with van der Waals surface area (Å²) in [6.45, 7) is 13.2. The molecule has 3 aromatic rings. The molecule has 3 aliphatic carbocycles. The number of anilines is 1. The van der Waals surface area contributed by atoms with Crippen molar-refractivity contribution in [1.82, 2.24) is 25.5 Å². The molecule has 0 unspecified atom stereocenters. The first-order chi connectivity index (χ1) is 30.1. The number of carbonyl (C=O) groups is 2. The minimum absolute atomic E-state index is 0.0215. The smallest absolute Gasteiger partial charge is 0.251 e. The Morgan fingerprint density at radius 3 is 2.40 bits per heavy atom. The van der Waals surface area contributed by atoms with Crippen LogP contribution in [0.2, 0.25) is 0 Å². The Hall–Kier alpha value is -4.08. The molecule has 8 rings (SSSR count). The van der Waals surface area contributed by atoms with Crippen molar-refractivity contribution in [3.8, 4) is 16.9 Å². The molecule has 63 heavy (non-hydrogen) atoms. The average Bonchev–Trinajstić information content (AvgIpc) is 3.63. The van der Waals surface area contributed by atoms with Crippen LogP contribution < -0.4 is 20.3 Å². The van der Waals surface area contributed by atoms with Gasteiger partial charge in [0.05, 0.1) is 32.5 Å². The lowest BCUT2D eigenvalue weighted by Gasteiger charge is -2.62. The van der Waals surface area contributed by atoms with Crippen LogP contribution in [-0.2, 0) is 27.3 Å². The van der Waals surface area contributed by atoms with Gasteiger partial charge in [-0.25, -0.2) is 0 Å². The van der Waals surface area contributed by atoms with Crippen molar-refractivity contribution >= 4 is 17.5 Å². The summed E-state index contributed by atoms with van der Waals surface area (Å²) < 4.78 is 12.4. The van der Waals surface area contributed by atoms with Gasteiger partial charge in [0.2, 0.25) is 5.91 Å². The van der Waals surface area contributed by atoms with E-state index in [4.69, 9.17) is 14.3 Å². The second-order valence-corrected chi connectivity index (χ2v) is 19.6. The van der Waals surface area contributed by atoms with Crippen molar-refractivity contribution in [2.75, 3.05) is 85.7 Å². The zero-order valence-electron chi connectivity index (χ0n) is 38.8. The lowest BCUT2D eigenvalue weighted by Crippen LogP contribution is -2.62. The van der Waals surface area contributed by atoms with Crippen LogP contribution in [0.3, 0.4) is 0 Å². The Bertz CT molecular complexity index is 2010. The van der Waals surface area contributed by atoms with Crippen molar-refractivity contribution in [2.24, 2.45) is 29.1 Å². The van der Waals surface area contributed by atoms with Gasteiger partial charge in [0, 0.05) is 80.7 Å². The third kappa shape index (κ3) is 10.7. The third-order valence-corrected chi connectivity index (χ3v) is 14.5. The summed E-state index contributed by atoms with van der Waals surface area (Å²) in [6, 6.07) is 21.1. The van der Waals surface area contributed by atoms with E-state index in [1.165, 1.54) is 6.42 Å². The highest BCUT2D eigenvalue weighted by atomic mass is 16.7. The average molecular weight is 869 g/mol. The highest BCUT2D eigenvalue weighted by molar-refractivity contribution is 5.97. The van der Waals surface area contributed by atoms with Gasteiger partial charge in [0.25, 0.3) is 5.91 Å². The van der Waals surface area contributed by atoms with Crippen molar-refractivity contribution in [3.63, 3.8) is 0 Å². The molecule has 344 valence electrons. The van der Waals surface area contributed by atoms with E-state index in [0.717, 1.165) is 47.5 Å². The minimum Gasteiger partial charge on any atom is -0.491 e. The summed E-state index contributed by atoms with van der Waals surface area (Å²) >= 11 is 0. The number of amides is 2. The lowest BCUT2D eigenvalue weighted by atomic mass is 9.45. The molecule has 13 nitrogen and oxygen atoms in total.